The van der Waals surface area contributed by atoms with Crippen LogP contribution in [0.3, 0.4) is 0 Å². The largest absolute Gasteiger partial charge is 3.00 e. The van der Waals surface area contributed by atoms with E-state index in [2.05, 4.69) is 14.7 Å². The minimum absolute atomic E-state index is 0. The van der Waals surface area contributed by atoms with E-state index < -0.39 is 18.5 Å². The van der Waals surface area contributed by atoms with E-state index in [4.69, 9.17) is 45.5 Å². The van der Waals surface area contributed by atoms with Gasteiger partial charge in [-0.15, -0.1) is 0 Å². The Kier molecular flexibility index (Phi) is 29.7. The van der Waals surface area contributed by atoms with Crippen molar-refractivity contribution >= 4 is 18.5 Å². The van der Waals surface area contributed by atoms with Gasteiger partial charge in [-0.05, 0) is 0 Å². The standard InChI is InChI=1S/3CH2O4.Gd/c3*2-1(3)5-4;/h3*4H,(H,2,3);/q;;;+3/p-3. The number of rotatable bonds is 0. The second-order valence-corrected chi connectivity index (χ2v) is 1.02. The van der Waals surface area contributed by atoms with Crippen LogP contribution in [0.5, 0.6) is 0 Å². The van der Waals surface area contributed by atoms with E-state index in [0.717, 1.165) is 0 Å². The van der Waals surface area contributed by atoms with Gasteiger partial charge in [0.15, 0.2) is 0 Å². The van der Waals surface area contributed by atoms with E-state index in [1.807, 2.05) is 0 Å². The quantitative estimate of drug-likeness (QED) is 0.209. The summed E-state index contributed by atoms with van der Waals surface area (Å²) in [5, 5.41) is 47.3. The Bertz CT molecular complexity index is 155. The van der Waals surface area contributed by atoms with Gasteiger partial charge in [0.25, 0.3) is 18.5 Å². The first-order valence-electron chi connectivity index (χ1n) is 2.38. The third kappa shape index (κ3) is 74.7. The maximum absolute atomic E-state index is 8.78. The molecule has 13 heteroatoms. The molecular formula is C3H3GdO12. The predicted octanol–water partition coefficient (Wildman–Crippen LogP) is -3.54. The zero-order valence-electron chi connectivity index (χ0n) is 6.87. The van der Waals surface area contributed by atoms with Crippen LogP contribution in [0.25, 0.3) is 0 Å². The van der Waals surface area contributed by atoms with E-state index in [1.54, 1.807) is 0 Å². The molecule has 0 aliphatic carbocycles. The van der Waals surface area contributed by atoms with Gasteiger partial charge in [0.2, 0.25) is 0 Å². The van der Waals surface area contributed by atoms with Crippen LogP contribution < -0.4 is 15.3 Å². The van der Waals surface area contributed by atoms with E-state index in [-0.39, 0.29) is 39.9 Å². The Morgan fingerprint density at radius 1 is 0.688 bits per heavy atom. The fourth-order valence-corrected chi connectivity index (χ4v) is 0. The molecule has 1 radical (unpaired) electrons. The molecule has 0 rings (SSSR count). The van der Waals surface area contributed by atoms with Gasteiger partial charge >= 0.3 is 39.9 Å². The van der Waals surface area contributed by atoms with Gasteiger partial charge in [0.05, 0.1) is 0 Å². The van der Waals surface area contributed by atoms with Crippen molar-refractivity contribution in [2.24, 2.45) is 0 Å². The number of carbonyl (C=O) groups excluding carboxylic acids is 3. The third-order valence-corrected chi connectivity index (χ3v) is 0.224. The molecule has 0 spiro atoms. The van der Waals surface area contributed by atoms with Crippen molar-refractivity contribution in [1.29, 1.82) is 0 Å². The minimum Gasteiger partial charge on any atom is -0.424 e. The van der Waals surface area contributed by atoms with Crippen LogP contribution >= 0.6 is 0 Å². The van der Waals surface area contributed by atoms with Crippen LogP contribution in [0.4, 0.5) is 14.4 Å². The van der Waals surface area contributed by atoms with E-state index in [0.29, 0.717) is 0 Å². The molecule has 0 aliphatic heterocycles. The zero-order chi connectivity index (χ0) is 12.9. The van der Waals surface area contributed by atoms with Crippen LogP contribution in [0.15, 0.2) is 0 Å². The number of carboxylic acid groups (broad SMARTS) is 3. The summed E-state index contributed by atoms with van der Waals surface area (Å²) in [6, 6.07) is 0. The summed E-state index contributed by atoms with van der Waals surface area (Å²) in [6.45, 7) is 0. The molecule has 16 heavy (non-hydrogen) atoms. The van der Waals surface area contributed by atoms with Gasteiger partial charge < -0.3 is 44.4 Å². The predicted molar refractivity (Wildman–Crippen MR) is 27.3 cm³/mol. The summed E-state index contributed by atoms with van der Waals surface area (Å²) in [6.07, 6.45) is -5.82. The molecule has 0 fully saturated rings. The molecule has 0 bridgehead atoms. The maximum atomic E-state index is 8.78. The summed E-state index contributed by atoms with van der Waals surface area (Å²) < 4.78 is 0. The molecule has 0 saturated heterocycles. The van der Waals surface area contributed by atoms with Gasteiger partial charge in [0.1, 0.15) is 0 Å². The molecule has 0 aromatic rings. The monoisotopic (exact) mass is 389 g/mol. The molecule has 3 N–H and O–H groups in total. The maximum Gasteiger partial charge on any atom is 3.00 e. The molecule has 0 aromatic carbocycles. The van der Waals surface area contributed by atoms with Crippen LogP contribution in [0.2, 0.25) is 0 Å². The van der Waals surface area contributed by atoms with Crippen LogP contribution in [-0.2, 0) is 14.7 Å². The van der Waals surface area contributed by atoms with Crippen molar-refractivity contribution in [1.82, 2.24) is 0 Å². The first-order valence-corrected chi connectivity index (χ1v) is 2.38. The summed E-state index contributed by atoms with van der Waals surface area (Å²) in [5.41, 5.74) is 0. The Balaban J connectivity index is -0.0000000655. The molecule has 0 heterocycles. The number of hydrogen-bond donors (Lipinski definition) is 3. The van der Waals surface area contributed by atoms with Crippen molar-refractivity contribution in [3.63, 3.8) is 0 Å². The number of carbonyl (C=O) groups is 3. The van der Waals surface area contributed by atoms with Gasteiger partial charge in [-0.2, -0.15) is 0 Å². The molecule has 0 saturated carbocycles. The average molecular weight is 388 g/mol. The van der Waals surface area contributed by atoms with E-state index in [1.165, 1.54) is 0 Å². The third-order valence-electron chi connectivity index (χ3n) is 0.224. The van der Waals surface area contributed by atoms with Gasteiger partial charge in [-0.1, -0.05) is 0 Å². The SMILES string of the molecule is O=C([O-])OO.O=C([O-])OO.O=C([O-])OO.[Gd+3]. The Morgan fingerprint density at radius 2 is 0.750 bits per heavy atom. The van der Waals surface area contributed by atoms with E-state index in [9.17, 15) is 0 Å². The van der Waals surface area contributed by atoms with E-state index >= 15 is 0 Å². The van der Waals surface area contributed by atoms with Crippen LogP contribution in [-0.4, -0.2) is 34.2 Å². The molecule has 0 aliphatic rings. The molecule has 95 valence electrons. The van der Waals surface area contributed by atoms with Crippen LogP contribution in [0, 0.1) is 39.9 Å². The summed E-state index contributed by atoms with van der Waals surface area (Å²) in [5.74, 6) is 0. The molecule has 12 nitrogen and oxygen atoms in total. The normalized spacial score (nSPS) is 6.19. The Hall–Kier alpha value is -0.985. The zero-order valence-corrected chi connectivity index (χ0v) is 9.14. The van der Waals surface area contributed by atoms with Crippen molar-refractivity contribution in [2.45, 2.75) is 0 Å². The van der Waals surface area contributed by atoms with Crippen LogP contribution in [0.1, 0.15) is 0 Å². The molecular weight excluding hydrogens is 385 g/mol. The van der Waals surface area contributed by atoms with Gasteiger partial charge in [-0.25, -0.2) is 0 Å². The van der Waals surface area contributed by atoms with Crippen molar-refractivity contribution < 1.29 is 100 Å². The van der Waals surface area contributed by atoms with Gasteiger partial charge in [0, 0.05) is 0 Å². The average Bonchev–Trinajstić information content (AvgIpc) is 2.19. The first kappa shape index (κ1) is 24.3. The topological polar surface area (TPSA) is 209 Å². The summed E-state index contributed by atoms with van der Waals surface area (Å²) >= 11 is 0. The minimum atomic E-state index is -1.94. The second-order valence-electron chi connectivity index (χ2n) is 1.02. The smallest absolute Gasteiger partial charge is 0.424 e. The van der Waals surface area contributed by atoms with Crippen molar-refractivity contribution in [3.05, 3.63) is 0 Å². The van der Waals surface area contributed by atoms with Gasteiger partial charge in [-0.3, -0.25) is 15.8 Å². The Labute approximate surface area is 118 Å². The fraction of sp³-hybridized carbons (Fsp3) is 0. The molecule has 0 amide bonds. The summed E-state index contributed by atoms with van der Waals surface area (Å²) in [4.78, 5) is 34.0. The molecule has 0 aromatic heterocycles. The molecule has 0 unspecified atom stereocenters. The number of hydrogen-bond acceptors (Lipinski definition) is 12. The fourth-order valence-electron chi connectivity index (χ4n) is 0. The summed E-state index contributed by atoms with van der Waals surface area (Å²) in [7, 11) is 0. The first-order chi connectivity index (χ1) is 6.81. The second kappa shape index (κ2) is 19.6. The van der Waals surface area contributed by atoms with Crippen molar-refractivity contribution in [3.8, 4) is 0 Å². The Morgan fingerprint density at radius 3 is 0.750 bits per heavy atom. The van der Waals surface area contributed by atoms with Crippen molar-refractivity contribution in [2.75, 3.05) is 0 Å². The molecule has 0 atom stereocenters.